The number of aryl methyl sites for hydroxylation is 2. The molecule has 0 aromatic heterocycles. The minimum atomic E-state index is 1.06. The maximum absolute atomic E-state index is 2.35. The van der Waals surface area contributed by atoms with E-state index in [1.54, 1.807) is 0 Å². The van der Waals surface area contributed by atoms with Gasteiger partial charge in [0.15, 0.2) is 0 Å². The molecule has 0 heterocycles. The monoisotopic (exact) mass is 384 g/mol. The fourth-order valence-electron chi connectivity index (χ4n) is 5.06. The molecule has 0 unspecified atom stereocenters. The fraction of sp³-hybridized carbons (Fsp3) is 0.133. The van der Waals surface area contributed by atoms with Gasteiger partial charge in [-0.05, 0) is 117 Å². The van der Waals surface area contributed by atoms with Crippen molar-refractivity contribution in [3.63, 3.8) is 0 Å². The average Bonchev–Trinajstić information content (AvgIpc) is 3.40. The topological polar surface area (TPSA) is 0 Å². The largest absolute Gasteiger partial charge is 0.0795 e. The molecule has 0 saturated carbocycles. The molecule has 4 aromatic rings. The summed E-state index contributed by atoms with van der Waals surface area (Å²) < 4.78 is 0. The third-order valence-corrected chi connectivity index (χ3v) is 6.71. The Morgan fingerprint density at radius 1 is 0.533 bits per heavy atom. The van der Waals surface area contributed by atoms with Crippen molar-refractivity contribution in [2.24, 2.45) is 0 Å². The van der Waals surface area contributed by atoms with Gasteiger partial charge in [0.25, 0.3) is 0 Å². The minimum absolute atomic E-state index is 1.06. The summed E-state index contributed by atoms with van der Waals surface area (Å²) in [6.07, 6.45) is 11.1. The molecule has 30 heavy (non-hydrogen) atoms. The first-order valence-electron chi connectivity index (χ1n) is 10.8. The number of rotatable bonds is 2. The van der Waals surface area contributed by atoms with Gasteiger partial charge < -0.3 is 0 Å². The Morgan fingerprint density at radius 2 is 1.00 bits per heavy atom. The molecule has 0 fully saturated rings. The van der Waals surface area contributed by atoms with E-state index in [-0.39, 0.29) is 0 Å². The second-order valence-electron chi connectivity index (χ2n) is 8.72. The molecular weight excluding hydrogens is 360 g/mol. The highest BCUT2D eigenvalue weighted by molar-refractivity contribution is 5.92. The van der Waals surface area contributed by atoms with Gasteiger partial charge in [-0.2, -0.15) is 0 Å². The SMILES string of the molecule is Cc1cc2c(cc1-c1ccc3cc(-c4cc5c(cc4C)CC=C5)ccc3c1)C=CC2. The molecule has 0 bridgehead atoms. The van der Waals surface area contributed by atoms with Gasteiger partial charge in [-0.25, -0.2) is 0 Å². The lowest BCUT2D eigenvalue weighted by Crippen LogP contribution is -1.90. The molecule has 0 aliphatic heterocycles. The van der Waals surface area contributed by atoms with Crippen molar-refractivity contribution in [3.8, 4) is 22.3 Å². The van der Waals surface area contributed by atoms with Crippen LogP contribution in [0.25, 0.3) is 45.2 Å². The minimum Gasteiger partial charge on any atom is -0.0795 e. The molecule has 0 heteroatoms. The van der Waals surface area contributed by atoms with E-state index in [0.29, 0.717) is 0 Å². The van der Waals surface area contributed by atoms with Crippen LogP contribution in [0.2, 0.25) is 0 Å². The summed E-state index contributed by atoms with van der Waals surface area (Å²) in [6, 6.07) is 23.2. The van der Waals surface area contributed by atoms with Gasteiger partial charge in [0.1, 0.15) is 0 Å². The van der Waals surface area contributed by atoms with Gasteiger partial charge in [0.2, 0.25) is 0 Å². The van der Waals surface area contributed by atoms with E-state index in [0.717, 1.165) is 12.8 Å². The molecule has 6 rings (SSSR count). The van der Waals surface area contributed by atoms with Crippen LogP contribution in [0.1, 0.15) is 33.4 Å². The van der Waals surface area contributed by atoms with Crippen LogP contribution in [0.3, 0.4) is 0 Å². The van der Waals surface area contributed by atoms with Crippen molar-refractivity contribution in [3.05, 3.63) is 106 Å². The van der Waals surface area contributed by atoms with E-state index in [1.807, 2.05) is 0 Å². The molecular formula is C30H24. The van der Waals surface area contributed by atoms with Gasteiger partial charge >= 0.3 is 0 Å². The van der Waals surface area contributed by atoms with Crippen LogP contribution in [0, 0.1) is 13.8 Å². The number of benzene rings is 4. The van der Waals surface area contributed by atoms with E-state index in [2.05, 4.69) is 98.8 Å². The number of hydrogen-bond donors (Lipinski definition) is 0. The summed E-state index contributed by atoms with van der Waals surface area (Å²) in [6.45, 7) is 4.46. The Bertz CT molecular complexity index is 1290. The summed E-state index contributed by atoms with van der Waals surface area (Å²) >= 11 is 0. The summed E-state index contributed by atoms with van der Waals surface area (Å²) in [5, 5.41) is 2.59. The molecule has 2 aliphatic carbocycles. The lowest BCUT2D eigenvalue weighted by molar-refractivity contribution is 1.28. The Hall–Kier alpha value is -3.38. The van der Waals surface area contributed by atoms with Gasteiger partial charge in [-0.1, -0.05) is 60.7 Å². The van der Waals surface area contributed by atoms with E-state index < -0.39 is 0 Å². The van der Waals surface area contributed by atoms with Crippen LogP contribution in [0.5, 0.6) is 0 Å². The zero-order valence-electron chi connectivity index (χ0n) is 17.5. The zero-order valence-corrected chi connectivity index (χ0v) is 17.5. The summed E-state index contributed by atoms with van der Waals surface area (Å²) in [5.41, 5.74) is 13.6. The molecule has 0 saturated heterocycles. The van der Waals surface area contributed by atoms with Crippen LogP contribution in [-0.4, -0.2) is 0 Å². The van der Waals surface area contributed by atoms with Crippen LogP contribution in [0.15, 0.2) is 72.8 Å². The van der Waals surface area contributed by atoms with Crippen LogP contribution >= 0.6 is 0 Å². The Morgan fingerprint density at radius 3 is 1.47 bits per heavy atom. The van der Waals surface area contributed by atoms with E-state index in [9.17, 15) is 0 Å². The quantitative estimate of drug-likeness (QED) is 0.329. The van der Waals surface area contributed by atoms with Crippen molar-refractivity contribution in [2.75, 3.05) is 0 Å². The van der Waals surface area contributed by atoms with Crippen molar-refractivity contribution in [1.82, 2.24) is 0 Å². The lowest BCUT2D eigenvalue weighted by Gasteiger charge is -2.13. The fourth-order valence-corrected chi connectivity index (χ4v) is 5.06. The highest BCUT2D eigenvalue weighted by atomic mass is 14.2. The normalized spacial score (nSPS) is 13.8. The van der Waals surface area contributed by atoms with Gasteiger partial charge in [0.05, 0.1) is 0 Å². The Kier molecular flexibility index (Phi) is 3.83. The first-order chi connectivity index (χ1) is 14.7. The third-order valence-electron chi connectivity index (χ3n) is 6.71. The van der Waals surface area contributed by atoms with Crippen LogP contribution in [0.4, 0.5) is 0 Å². The summed E-state index contributed by atoms with van der Waals surface area (Å²) in [4.78, 5) is 0. The van der Waals surface area contributed by atoms with Gasteiger partial charge in [0, 0.05) is 0 Å². The average molecular weight is 385 g/mol. The molecule has 0 spiro atoms. The maximum Gasteiger partial charge on any atom is -0.00881 e. The smallest absolute Gasteiger partial charge is 0.00881 e. The van der Waals surface area contributed by atoms with Crippen molar-refractivity contribution in [2.45, 2.75) is 26.7 Å². The first kappa shape index (κ1) is 17.5. The van der Waals surface area contributed by atoms with E-state index >= 15 is 0 Å². The molecule has 144 valence electrons. The van der Waals surface area contributed by atoms with Gasteiger partial charge in [-0.15, -0.1) is 0 Å². The van der Waals surface area contributed by atoms with Crippen molar-refractivity contribution >= 4 is 22.9 Å². The second kappa shape index (κ2) is 6.57. The van der Waals surface area contributed by atoms with Crippen molar-refractivity contribution in [1.29, 1.82) is 0 Å². The van der Waals surface area contributed by atoms with Crippen LogP contribution in [-0.2, 0) is 12.8 Å². The predicted octanol–water partition coefficient (Wildman–Crippen LogP) is 7.93. The maximum atomic E-state index is 2.35. The van der Waals surface area contributed by atoms with Crippen LogP contribution < -0.4 is 0 Å². The second-order valence-corrected chi connectivity index (χ2v) is 8.72. The molecule has 4 aromatic carbocycles. The molecule has 2 aliphatic rings. The lowest BCUT2D eigenvalue weighted by atomic mass is 9.92. The highest BCUT2D eigenvalue weighted by Crippen LogP contribution is 2.35. The molecule has 0 amide bonds. The third kappa shape index (κ3) is 2.75. The van der Waals surface area contributed by atoms with E-state index in [1.165, 1.54) is 66.4 Å². The highest BCUT2D eigenvalue weighted by Gasteiger charge is 2.13. The Balaban J connectivity index is 1.43. The summed E-state index contributed by atoms with van der Waals surface area (Å²) in [5.74, 6) is 0. The molecule has 0 atom stereocenters. The number of fused-ring (bicyclic) bond motifs is 3. The zero-order chi connectivity index (χ0) is 20.2. The number of hydrogen-bond acceptors (Lipinski definition) is 0. The number of allylic oxidation sites excluding steroid dienone is 2. The van der Waals surface area contributed by atoms with Gasteiger partial charge in [-0.3, -0.25) is 0 Å². The predicted molar refractivity (Wildman–Crippen MR) is 130 cm³/mol. The standard InChI is InChI=1S/C30H24/c1-19-13-21-5-3-7-23(21)17-29(19)27-11-9-26-16-28(12-10-25(26)15-27)30-18-24-8-4-6-22(24)14-20(30)2/h3-4,7-18H,5-6H2,1-2H3. The Labute approximate surface area is 178 Å². The van der Waals surface area contributed by atoms with E-state index in [4.69, 9.17) is 0 Å². The molecule has 0 nitrogen and oxygen atoms in total. The van der Waals surface area contributed by atoms with Crippen molar-refractivity contribution < 1.29 is 0 Å². The first-order valence-corrected chi connectivity index (χ1v) is 10.8. The molecule has 0 radical (unpaired) electrons. The molecule has 0 N–H and O–H groups in total. The summed E-state index contributed by atoms with van der Waals surface area (Å²) in [7, 11) is 0.